The largest absolute Gasteiger partial charge is 0.463 e. The molecular formula is C14H12ClF2NO3. The van der Waals surface area contributed by atoms with Gasteiger partial charge in [0, 0.05) is 5.56 Å². The number of carbonyl (C=O) groups excluding carboxylic acids is 1. The second-order valence-corrected chi connectivity index (χ2v) is 4.61. The van der Waals surface area contributed by atoms with E-state index in [1.165, 1.54) is 19.2 Å². The molecule has 112 valence electrons. The van der Waals surface area contributed by atoms with E-state index in [9.17, 15) is 13.6 Å². The van der Waals surface area contributed by atoms with E-state index in [2.05, 4.69) is 10.1 Å². The quantitative estimate of drug-likeness (QED) is 0.695. The number of carbonyl (C=O) groups is 1. The molecule has 1 heterocycles. The predicted octanol–water partition coefficient (Wildman–Crippen LogP) is 3.31. The highest BCUT2D eigenvalue weighted by molar-refractivity contribution is 6.30. The van der Waals surface area contributed by atoms with Gasteiger partial charge in [0.1, 0.15) is 17.4 Å². The Morgan fingerprint density at radius 2 is 2.05 bits per heavy atom. The highest BCUT2D eigenvalue weighted by Crippen LogP contribution is 2.29. The van der Waals surface area contributed by atoms with Crippen molar-refractivity contribution >= 4 is 17.6 Å². The highest BCUT2D eigenvalue weighted by atomic mass is 35.5. The molecule has 1 aromatic heterocycles. The van der Waals surface area contributed by atoms with Gasteiger partial charge in [0.25, 0.3) is 0 Å². The minimum absolute atomic E-state index is 0.0187. The highest BCUT2D eigenvalue weighted by Gasteiger charge is 2.23. The van der Waals surface area contributed by atoms with Gasteiger partial charge in [0.2, 0.25) is 5.76 Å². The van der Waals surface area contributed by atoms with E-state index in [1.54, 1.807) is 7.05 Å². The Kier molecular flexibility index (Phi) is 4.59. The summed E-state index contributed by atoms with van der Waals surface area (Å²) in [5.41, 5.74) is 0.0187. The summed E-state index contributed by atoms with van der Waals surface area (Å²) in [7, 11) is 2.77. The molecule has 1 atom stereocenters. The van der Waals surface area contributed by atoms with Gasteiger partial charge in [0.05, 0.1) is 18.2 Å². The van der Waals surface area contributed by atoms with Crippen molar-refractivity contribution in [1.29, 1.82) is 0 Å². The normalized spacial score (nSPS) is 12.2. The van der Waals surface area contributed by atoms with Crippen LogP contribution in [0.5, 0.6) is 0 Å². The van der Waals surface area contributed by atoms with Gasteiger partial charge in [0.15, 0.2) is 0 Å². The van der Waals surface area contributed by atoms with Crippen molar-refractivity contribution in [3.63, 3.8) is 0 Å². The van der Waals surface area contributed by atoms with Gasteiger partial charge in [-0.25, -0.2) is 13.6 Å². The van der Waals surface area contributed by atoms with Crippen LogP contribution in [-0.2, 0) is 4.74 Å². The maximum absolute atomic E-state index is 14.0. The van der Waals surface area contributed by atoms with Crippen molar-refractivity contribution in [3.05, 3.63) is 58.0 Å². The number of hydrogen-bond acceptors (Lipinski definition) is 4. The number of hydrogen-bond donors (Lipinski definition) is 1. The summed E-state index contributed by atoms with van der Waals surface area (Å²) >= 11 is 5.52. The lowest BCUT2D eigenvalue weighted by Gasteiger charge is -2.15. The molecule has 0 fully saturated rings. The fourth-order valence-electron chi connectivity index (χ4n) is 1.93. The summed E-state index contributed by atoms with van der Waals surface area (Å²) in [6, 6.07) is 3.99. The van der Waals surface area contributed by atoms with Crippen molar-refractivity contribution in [2.45, 2.75) is 6.04 Å². The van der Waals surface area contributed by atoms with Crippen LogP contribution in [0.15, 0.2) is 28.7 Å². The SMILES string of the molecule is CNC(c1ccc(C(=O)OC)o1)c1cc(F)c(Cl)cc1F. The second-order valence-electron chi connectivity index (χ2n) is 4.20. The van der Waals surface area contributed by atoms with E-state index in [-0.39, 0.29) is 22.1 Å². The van der Waals surface area contributed by atoms with Crippen LogP contribution in [0, 0.1) is 11.6 Å². The lowest BCUT2D eigenvalue weighted by atomic mass is 10.0. The van der Waals surface area contributed by atoms with Gasteiger partial charge in [-0.1, -0.05) is 11.6 Å². The van der Waals surface area contributed by atoms with Crippen molar-refractivity contribution in [1.82, 2.24) is 5.32 Å². The molecule has 4 nitrogen and oxygen atoms in total. The van der Waals surface area contributed by atoms with Crippen molar-refractivity contribution in [2.24, 2.45) is 0 Å². The van der Waals surface area contributed by atoms with Crippen molar-refractivity contribution in [2.75, 3.05) is 14.2 Å². The summed E-state index contributed by atoms with van der Waals surface area (Å²) in [5.74, 6) is -1.86. The Hall–Kier alpha value is -1.92. The molecule has 2 rings (SSSR count). The van der Waals surface area contributed by atoms with E-state index < -0.39 is 23.6 Å². The molecular weight excluding hydrogens is 304 g/mol. The lowest BCUT2D eigenvalue weighted by molar-refractivity contribution is 0.0562. The maximum Gasteiger partial charge on any atom is 0.373 e. The number of methoxy groups -OCH3 is 1. The molecule has 0 spiro atoms. The number of benzene rings is 1. The monoisotopic (exact) mass is 315 g/mol. The Morgan fingerprint density at radius 1 is 1.33 bits per heavy atom. The first-order chi connectivity index (χ1) is 9.97. The molecule has 0 bridgehead atoms. The second kappa shape index (κ2) is 6.24. The molecule has 0 saturated heterocycles. The number of rotatable bonds is 4. The van der Waals surface area contributed by atoms with Gasteiger partial charge >= 0.3 is 5.97 Å². The third kappa shape index (κ3) is 3.06. The third-order valence-corrected chi connectivity index (χ3v) is 3.23. The van der Waals surface area contributed by atoms with E-state index in [0.717, 1.165) is 12.1 Å². The van der Waals surface area contributed by atoms with Crippen molar-refractivity contribution < 1.29 is 22.7 Å². The van der Waals surface area contributed by atoms with Gasteiger partial charge < -0.3 is 14.5 Å². The zero-order valence-corrected chi connectivity index (χ0v) is 12.0. The molecule has 1 unspecified atom stereocenters. The maximum atomic E-state index is 14.0. The molecule has 0 saturated carbocycles. The standard InChI is InChI=1S/C14H12ClF2NO3/c1-18-13(7-5-10(17)8(15)6-9(7)16)11-3-4-12(21-11)14(19)20-2/h3-6,13,18H,1-2H3. The summed E-state index contributed by atoms with van der Waals surface area (Å²) in [4.78, 5) is 11.4. The minimum Gasteiger partial charge on any atom is -0.463 e. The smallest absolute Gasteiger partial charge is 0.373 e. The van der Waals surface area contributed by atoms with Crippen LogP contribution in [0.25, 0.3) is 0 Å². The zero-order chi connectivity index (χ0) is 15.6. The van der Waals surface area contributed by atoms with Crippen LogP contribution in [0.3, 0.4) is 0 Å². The Bertz CT molecular complexity index is 672. The molecule has 0 aliphatic carbocycles. The molecule has 0 radical (unpaired) electrons. The zero-order valence-electron chi connectivity index (χ0n) is 11.2. The van der Waals surface area contributed by atoms with Crippen LogP contribution >= 0.6 is 11.6 Å². The first-order valence-corrected chi connectivity index (χ1v) is 6.35. The summed E-state index contributed by atoms with van der Waals surface area (Å²) < 4.78 is 37.3. The Labute approximate surface area is 124 Å². The summed E-state index contributed by atoms with van der Waals surface area (Å²) in [6.07, 6.45) is 0. The van der Waals surface area contributed by atoms with Gasteiger partial charge in [-0.15, -0.1) is 0 Å². The average molecular weight is 316 g/mol. The van der Waals surface area contributed by atoms with E-state index in [1.807, 2.05) is 0 Å². The number of halogens is 3. The van der Waals surface area contributed by atoms with Gasteiger partial charge in [-0.3, -0.25) is 0 Å². The van der Waals surface area contributed by atoms with Gasteiger partial charge in [-0.05, 0) is 31.3 Å². The fraction of sp³-hybridized carbons (Fsp3) is 0.214. The topological polar surface area (TPSA) is 51.5 Å². The molecule has 7 heteroatoms. The van der Waals surface area contributed by atoms with Crippen LogP contribution in [0.1, 0.15) is 27.9 Å². The first kappa shape index (κ1) is 15.5. The fourth-order valence-corrected chi connectivity index (χ4v) is 2.08. The minimum atomic E-state index is -0.768. The van der Waals surface area contributed by atoms with Crippen LogP contribution < -0.4 is 5.32 Å². The van der Waals surface area contributed by atoms with E-state index >= 15 is 0 Å². The molecule has 0 aliphatic heterocycles. The average Bonchev–Trinajstić information content (AvgIpc) is 2.94. The molecule has 1 N–H and O–H groups in total. The Morgan fingerprint density at radius 3 is 2.67 bits per heavy atom. The summed E-state index contributed by atoms with van der Waals surface area (Å²) in [6.45, 7) is 0. The molecule has 21 heavy (non-hydrogen) atoms. The van der Waals surface area contributed by atoms with Crippen molar-refractivity contribution in [3.8, 4) is 0 Å². The van der Waals surface area contributed by atoms with Crippen LogP contribution in [0.2, 0.25) is 5.02 Å². The lowest BCUT2D eigenvalue weighted by Crippen LogP contribution is -2.18. The number of esters is 1. The summed E-state index contributed by atoms with van der Waals surface area (Å²) in [5, 5.41) is 2.49. The van der Waals surface area contributed by atoms with Gasteiger partial charge in [-0.2, -0.15) is 0 Å². The molecule has 0 aliphatic rings. The number of nitrogens with one attached hydrogen (secondary N) is 1. The Balaban J connectivity index is 2.42. The number of ether oxygens (including phenoxy) is 1. The number of furan rings is 1. The van der Waals surface area contributed by atoms with Crippen LogP contribution in [0.4, 0.5) is 8.78 Å². The first-order valence-electron chi connectivity index (χ1n) is 5.97. The third-order valence-electron chi connectivity index (χ3n) is 2.94. The van der Waals surface area contributed by atoms with Crippen LogP contribution in [-0.4, -0.2) is 20.1 Å². The van der Waals surface area contributed by atoms with E-state index in [4.69, 9.17) is 16.0 Å². The molecule has 2 aromatic rings. The predicted molar refractivity (Wildman–Crippen MR) is 72.3 cm³/mol. The van der Waals surface area contributed by atoms with E-state index in [0.29, 0.717) is 0 Å². The molecule has 0 amide bonds. The molecule has 1 aromatic carbocycles.